The van der Waals surface area contributed by atoms with Crippen molar-refractivity contribution in [3.05, 3.63) is 50.9 Å². The smallest absolute Gasteiger partial charge is 0.148 e. The average Bonchev–Trinajstić information content (AvgIpc) is 2.83. The molecule has 20 heavy (non-hydrogen) atoms. The molecule has 108 valence electrons. The predicted molar refractivity (Wildman–Crippen MR) is 82.1 cm³/mol. The van der Waals surface area contributed by atoms with E-state index in [1.165, 1.54) is 18.2 Å². The van der Waals surface area contributed by atoms with Gasteiger partial charge in [-0.3, -0.25) is 0 Å². The number of nitrogens with two attached hydrogens (primary N) is 1. The Hall–Kier alpha value is -1.10. The molecule has 2 N–H and O–H groups in total. The first-order chi connectivity index (χ1) is 9.52. The molecule has 1 aromatic heterocycles. The summed E-state index contributed by atoms with van der Waals surface area (Å²) < 4.78 is 19.0. The van der Waals surface area contributed by atoms with Crippen LogP contribution in [0, 0.1) is 12.7 Å². The van der Waals surface area contributed by atoms with Crippen LogP contribution in [0.3, 0.4) is 0 Å². The van der Waals surface area contributed by atoms with Gasteiger partial charge in [0, 0.05) is 10.9 Å². The normalized spacial score (nSPS) is 14.1. The third kappa shape index (κ3) is 3.32. The Labute approximate surface area is 127 Å². The van der Waals surface area contributed by atoms with Gasteiger partial charge in [-0.25, -0.2) is 4.39 Å². The SMILES string of the molecule is CCC(N)C(Oc1ccc(F)cc1Cl)c1sccc1C. The number of hydrogen-bond acceptors (Lipinski definition) is 3. The first-order valence-corrected chi connectivity index (χ1v) is 7.70. The quantitative estimate of drug-likeness (QED) is 0.868. The molecule has 1 aromatic carbocycles. The predicted octanol–water partition coefficient (Wildman–Crippen LogP) is 4.71. The minimum atomic E-state index is -0.383. The molecule has 0 amide bonds. The number of aryl methyl sites for hydroxylation is 1. The van der Waals surface area contributed by atoms with Crippen LogP contribution >= 0.6 is 22.9 Å². The Bertz CT molecular complexity index is 587. The number of benzene rings is 1. The monoisotopic (exact) mass is 313 g/mol. The van der Waals surface area contributed by atoms with Gasteiger partial charge in [0.25, 0.3) is 0 Å². The first kappa shape index (κ1) is 15.3. The molecule has 0 aliphatic rings. The van der Waals surface area contributed by atoms with Gasteiger partial charge in [0.1, 0.15) is 17.7 Å². The van der Waals surface area contributed by atoms with Crippen molar-refractivity contribution in [2.45, 2.75) is 32.4 Å². The maximum atomic E-state index is 13.1. The van der Waals surface area contributed by atoms with E-state index in [2.05, 4.69) is 0 Å². The molecule has 0 bridgehead atoms. The van der Waals surface area contributed by atoms with Crippen molar-refractivity contribution >= 4 is 22.9 Å². The van der Waals surface area contributed by atoms with Crippen LogP contribution in [-0.4, -0.2) is 6.04 Å². The maximum absolute atomic E-state index is 13.1. The van der Waals surface area contributed by atoms with Gasteiger partial charge in [0.15, 0.2) is 0 Å². The Morgan fingerprint density at radius 3 is 2.70 bits per heavy atom. The highest BCUT2D eigenvalue weighted by Gasteiger charge is 2.24. The van der Waals surface area contributed by atoms with Gasteiger partial charge in [0.05, 0.1) is 5.02 Å². The average molecular weight is 314 g/mol. The van der Waals surface area contributed by atoms with Crippen LogP contribution in [0.5, 0.6) is 5.75 Å². The lowest BCUT2D eigenvalue weighted by Gasteiger charge is -2.24. The molecule has 5 heteroatoms. The molecule has 1 heterocycles. The van der Waals surface area contributed by atoms with Crippen molar-refractivity contribution in [1.82, 2.24) is 0 Å². The van der Waals surface area contributed by atoms with Gasteiger partial charge < -0.3 is 10.5 Å². The summed E-state index contributed by atoms with van der Waals surface area (Å²) in [4.78, 5) is 1.08. The summed E-state index contributed by atoms with van der Waals surface area (Å²) >= 11 is 7.63. The van der Waals surface area contributed by atoms with Crippen LogP contribution in [0.25, 0.3) is 0 Å². The number of halogens is 2. The molecule has 2 aromatic rings. The molecule has 2 nitrogen and oxygen atoms in total. The molecular formula is C15H17ClFNOS. The molecule has 2 rings (SSSR count). The van der Waals surface area contributed by atoms with Crippen LogP contribution < -0.4 is 10.5 Å². The van der Waals surface area contributed by atoms with Gasteiger partial charge in [-0.1, -0.05) is 18.5 Å². The van der Waals surface area contributed by atoms with Gasteiger partial charge in [-0.15, -0.1) is 11.3 Å². The van der Waals surface area contributed by atoms with E-state index in [-0.39, 0.29) is 23.0 Å². The number of ether oxygens (including phenoxy) is 1. The standard InChI is InChI=1S/C15H17ClFNOS/c1-3-12(18)14(15-9(2)6-7-20-15)19-13-5-4-10(17)8-11(13)16/h4-8,12,14H,3,18H2,1-2H3. The van der Waals surface area contributed by atoms with Crippen molar-refractivity contribution < 1.29 is 9.13 Å². The summed E-state index contributed by atoms with van der Waals surface area (Å²) in [6, 6.07) is 6.00. The van der Waals surface area contributed by atoms with Crippen molar-refractivity contribution in [1.29, 1.82) is 0 Å². The van der Waals surface area contributed by atoms with Gasteiger partial charge in [-0.05, 0) is 48.6 Å². The number of rotatable bonds is 5. The van der Waals surface area contributed by atoms with Crippen molar-refractivity contribution in [3.63, 3.8) is 0 Å². The van der Waals surface area contributed by atoms with Crippen LogP contribution in [0.2, 0.25) is 5.02 Å². The van der Waals surface area contributed by atoms with E-state index in [1.807, 2.05) is 25.3 Å². The summed E-state index contributed by atoms with van der Waals surface area (Å²) in [5, 5.41) is 2.27. The zero-order valence-corrected chi connectivity index (χ0v) is 13.0. The summed E-state index contributed by atoms with van der Waals surface area (Å²) in [5.41, 5.74) is 7.31. The van der Waals surface area contributed by atoms with E-state index in [0.29, 0.717) is 5.75 Å². The second-order valence-electron chi connectivity index (χ2n) is 4.65. The van der Waals surface area contributed by atoms with E-state index in [4.69, 9.17) is 22.1 Å². The Morgan fingerprint density at radius 2 is 2.15 bits per heavy atom. The van der Waals surface area contributed by atoms with Crippen molar-refractivity contribution in [2.75, 3.05) is 0 Å². The van der Waals surface area contributed by atoms with Crippen molar-refractivity contribution in [2.24, 2.45) is 5.73 Å². The third-order valence-corrected chi connectivity index (χ3v) is 4.54. The van der Waals surface area contributed by atoms with E-state index in [1.54, 1.807) is 11.3 Å². The lowest BCUT2D eigenvalue weighted by atomic mass is 10.1. The van der Waals surface area contributed by atoms with Crippen LogP contribution in [0.1, 0.15) is 29.9 Å². The zero-order valence-electron chi connectivity index (χ0n) is 11.4. The highest BCUT2D eigenvalue weighted by atomic mass is 35.5. The molecular weight excluding hydrogens is 297 g/mol. The fraction of sp³-hybridized carbons (Fsp3) is 0.333. The maximum Gasteiger partial charge on any atom is 0.148 e. The highest BCUT2D eigenvalue weighted by Crippen LogP contribution is 2.34. The summed E-state index contributed by atoms with van der Waals surface area (Å²) in [6.45, 7) is 4.03. The summed E-state index contributed by atoms with van der Waals surface area (Å²) in [6.07, 6.45) is 0.504. The molecule has 0 aliphatic heterocycles. The number of thiophene rings is 1. The second kappa shape index (κ2) is 6.57. The fourth-order valence-electron chi connectivity index (χ4n) is 1.93. The molecule has 0 saturated heterocycles. The minimum absolute atomic E-state index is 0.145. The summed E-state index contributed by atoms with van der Waals surface area (Å²) in [5.74, 6) is 0.0701. The third-order valence-electron chi connectivity index (χ3n) is 3.17. The molecule has 2 atom stereocenters. The van der Waals surface area contributed by atoms with E-state index in [0.717, 1.165) is 16.9 Å². The number of hydrogen-bond donors (Lipinski definition) is 1. The topological polar surface area (TPSA) is 35.2 Å². The Kier molecular flexibility index (Phi) is 5.02. The molecule has 0 aliphatic carbocycles. The van der Waals surface area contributed by atoms with Crippen LogP contribution in [-0.2, 0) is 0 Å². The molecule has 0 radical (unpaired) electrons. The van der Waals surface area contributed by atoms with E-state index < -0.39 is 0 Å². The van der Waals surface area contributed by atoms with Crippen LogP contribution in [0.4, 0.5) is 4.39 Å². The van der Waals surface area contributed by atoms with Gasteiger partial charge in [0.2, 0.25) is 0 Å². The molecule has 0 saturated carbocycles. The van der Waals surface area contributed by atoms with E-state index >= 15 is 0 Å². The zero-order chi connectivity index (χ0) is 14.7. The first-order valence-electron chi connectivity index (χ1n) is 6.44. The van der Waals surface area contributed by atoms with Crippen molar-refractivity contribution in [3.8, 4) is 5.75 Å². The molecule has 0 fully saturated rings. The van der Waals surface area contributed by atoms with Crippen LogP contribution in [0.15, 0.2) is 29.6 Å². The Morgan fingerprint density at radius 1 is 1.40 bits per heavy atom. The largest absolute Gasteiger partial charge is 0.482 e. The Balaban J connectivity index is 2.31. The second-order valence-corrected chi connectivity index (χ2v) is 6.01. The molecule has 2 unspecified atom stereocenters. The van der Waals surface area contributed by atoms with Gasteiger partial charge in [-0.2, -0.15) is 0 Å². The lowest BCUT2D eigenvalue weighted by Crippen LogP contribution is -2.31. The highest BCUT2D eigenvalue weighted by molar-refractivity contribution is 7.10. The van der Waals surface area contributed by atoms with Gasteiger partial charge >= 0.3 is 0 Å². The minimum Gasteiger partial charge on any atom is -0.482 e. The summed E-state index contributed by atoms with van der Waals surface area (Å²) in [7, 11) is 0. The lowest BCUT2D eigenvalue weighted by molar-refractivity contribution is 0.174. The van der Waals surface area contributed by atoms with E-state index in [9.17, 15) is 4.39 Å². The molecule has 0 spiro atoms. The fourth-order valence-corrected chi connectivity index (χ4v) is 3.17.